The minimum atomic E-state index is 0.736. The molecule has 4 heteroatoms. The molecule has 0 radical (unpaired) electrons. The molecule has 0 unspecified atom stereocenters. The summed E-state index contributed by atoms with van der Waals surface area (Å²) in [6, 6.07) is 9.26. The highest BCUT2D eigenvalue weighted by molar-refractivity contribution is 7.09. The molecule has 106 valence electrons. The fourth-order valence-corrected chi connectivity index (χ4v) is 2.99. The van der Waals surface area contributed by atoms with Gasteiger partial charge >= 0.3 is 0 Å². The first-order chi connectivity index (χ1) is 9.83. The number of anilines is 1. The lowest BCUT2D eigenvalue weighted by molar-refractivity contribution is 0.682. The van der Waals surface area contributed by atoms with Crippen molar-refractivity contribution >= 4 is 17.2 Å². The van der Waals surface area contributed by atoms with Crippen LogP contribution in [0.5, 0.6) is 0 Å². The molecule has 2 aromatic rings. The van der Waals surface area contributed by atoms with Crippen LogP contribution >= 0.6 is 11.3 Å². The summed E-state index contributed by atoms with van der Waals surface area (Å²) < 4.78 is 0. The van der Waals surface area contributed by atoms with Crippen LogP contribution < -0.4 is 10.2 Å². The van der Waals surface area contributed by atoms with Gasteiger partial charge in [-0.25, -0.2) is 4.98 Å². The van der Waals surface area contributed by atoms with E-state index in [-0.39, 0.29) is 0 Å². The third-order valence-electron chi connectivity index (χ3n) is 3.66. The van der Waals surface area contributed by atoms with E-state index in [1.165, 1.54) is 23.3 Å². The Morgan fingerprint density at radius 3 is 3.00 bits per heavy atom. The van der Waals surface area contributed by atoms with Crippen molar-refractivity contribution in [1.29, 1.82) is 0 Å². The Balaban J connectivity index is 1.61. The van der Waals surface area contributed by atoms with Crippen LogP contribution in [0.3, 0.4) is 0 Å². The van der Waals surface area contributed by atoms with Crippen LogP contribution in [0.4, 0.5) is 5.82 Å². The molecule has 3 rings (SSSR count). The summed E-state index contributed by atoms with van der Waals surface area (Å²) in [7, 11) is 2.14. The summed E-state index contributed by atoms with van der Waals surface area (Å²) >= 11 is 1.83. The maximum Gasteiger partial charge on any atom is 0.132 e. The highest BCUT2D eigenvalue weighted by atomic mass is 32.1. The van der Waals surface area contributed by atoms with Crippen molar-refractivity contribution in [2.45, 2.75) is 31.8 Å². The van der Waals surface area contributed by atoms with E-state index in [2.05, 4.69) is 45.8 Å². The predicted molar refractivity (Wildman–Crippen MR) is 85.4 cm³/mol. The Morgan fingerprint density at radius 1 is 1.35 bits per heavy atom. The first kappa shape index (κ1) is 13.6. The minimum absolute atomic E-state index is 0.736. The summed E-state index contributed by atoms with van der Waals surface area (Å²) in [6.07, 6.45) is 5.62. The van der Waals surface area contributed by atoms with Crippen molar-refractivity contribution in [2.24, 2.45) is 0 Å². The zero-order valence-corrected chi connectivity index (χ0v) is 12.7. The van der Waals surface area contributed by atoms with Gasteiger partial charge in [0.25, 0.3) is 0 Å². The number of likely N-dealkylation sites (N-methyl/N-ethyl adjacent to an activating group) is 1. The van der Waals surface area contributed by atoms with E-state index in [0.29, 0.717) is 0 Å². The molecule has 1 aliphatic carbocycles. The highest BCUT2D eigenvalue weighted by Crippen LogP contribution is 2.22. The van der Waals surface area contributed by atoms with Crippen LogP contribution in [0.15, 0.2) is 35.8 Å². The van der Waals surface area contributed by atoms with Crippen LogP contribution in [-0.2, 0) is 13.0 Å². The monoisotopic (exact) mass is 287 g/mol. The van der Waals surface area contributed by atoms with E-state index in [1.54, 1.807) is 0 Å². The average molecular weight is 287 g/mol. The lowest BCUT2D eigenvalue weighted by atomic mass is 10.2. The summed E-state index contributed by atoms with van der Waals surface area (Å²) in [5, 5.41) is 5.71. The number of nitrogens with zero attached hydrogens (tertiary/aromatic N) is 2. The second kappa shape index (κ2) is 6.37. The van der Waals surface area contributed by atoms with Gasteiger partial charge in [0.05, 0.1) is 0 Å². The Hall–Kier alpha value is -1.39. The maximum atomic E-state index is 4.57. The predicted octanol–water partition coefficient (Wildman–Crippen LogP) is 3.07. The molecule has 0 aliphatic heterocycles. The van der Waals surface area contributed by atoms with E-state index in [9.17, 15) is 0 Å². The summed E-state index contributed by atoms with van der Waals surface area (Å²) in [5.41, 5.74) is 1.30. The number of pyridine rings is 1. The molecule has 2 heterocycles. The molecule has 0 aromatic carbocycles. The molecule has 0 atom stereocenters. The standard InChI is InChI=1S/C16H21N3S/c1-19(10-8-15-5-3-11-20-15)16-13(4-2-9-17-16)12-18-14-6-7-14/h2-5,9,11,14,18H,6-8,10,12H2,1H3. The van der Waals surface area contributed by atoms with Crippen molar-refractivity contribution in [3.63, 3.8) is 0 Å². The molecule has 1 aliphatic rings. The molecule has 1 saturated carbocycles. The molecule has 20 heavy (non-hydrogen) atoms. The summed E-state index contributed by atoms with van der Waals surface area (Å²) in [6.45, 7) is 1.94. The van der Waals surface area contributed by atoms with Gasteiger partial charge in [-0.05, 0) is 36.8 Å². The summed E-state index contributed by atoms with van der Waals surface area (Å²) in [5.74, 6) is 1.11. The lowest BCUT2D eigenvalue weighted by Crippen LogP contribution is -2.24. The molecular formula is C16H21N3S. The van der Waals surface area contributed by atoms with Crippen LogP contribution in [0.25, 0.3) is 0 Å². The van der Waals surface area contributed by atoms with E-state index in [1.807, 2.05) is 23.6 Å². The first-order valence-corrected chi connectivity index (χ1v) is 8.11. The van der Waals surface area contributed by atoms with Crippen LogP contribution in [-0.4, -0.2) is 24.6 Å². The van der Waals surface area contributed by atoms with Crippen molar-refractivity contribution in [3.8, 4) is 0 Å². The third kappa shape index (κ3) is 3.58. The van der Waals surface area contributed by atoms with Gasteiger partial charge in [0.1, 0.15) is 5.82 Å². The number of rotatable bonds is 7. The smallest absolute Gasteiger partial charge is 0.132 e. The van der Waals surface area contributed by atoms with Gasteiger partial charge in [0, 0.05) is 42.8 Å². The largest absolute Gasteiger partial charge is 0.359 e. The lowest BCUT2D eigenvalue weighted by Gasteiger charge is -2.21. The topological polar surface area (TPSA) is 28.2 Å². The van der Waals surface area contributed by atoms with Gasteiger partial charge in [0.2, 0.25) is 0 Å². The molecule has 2 aromatic heterocycles. The second-order valence-corrected chi connectivity index (χ2v) is 6.42. The van der Waals surface area contributed by atoms with Crippen LogP contribution in [0, 0.1) is 0 Å². The normalized spacial score (nSPS) is 14.4. The molecular weight excluding hydrogens is 266 g/mol. The van der Waals surface area contributed by atoms with Crippen molar-refractivity contribution < 1.29 is 0 Å². The highest BCUT2D eigenvalue weighted by Gasteiger charge is 2.20. The van der Waals surface area contributed by atoms with Gasteiger partial charge in [-0.15, -0.1) is 11.3 Å². The molecule has 1 N–H and O–H groups in total. The quantitative estimate of drug-likeness (QED) is 0.848. The van der Waals surface area contributed by atoms with Gasteiger partial charge < -0.3 is 10.2 Å². The number of thiophene rings is 1. The second-order valence-electron chi connectivity index (χ2n) is 5.39. The van der Waals surface area contributed by atoms with Crippen molar-refractivity contribution in [2.75, 3.05) is 18.5 Å². The number of hydrogen-bond donors (Lipinski definition) is 1. The zero-order chi connectivity index (χ0) is 13.8. The Kier molecular flexibility index (Phi) is 4.33. The van der Waals surface area contributed by atoms with E-state index < -0.39 is 0 Å². The Morgan fingerprint density at radius 2 is 2.25 bits per heavy atom. The van der Waals surface area contributed by atoms with Crippen molar-refractivity contribution in [1.82, 2.24) is 10.3 Å². The molecule has 0 bridgehead atoms. The fourth-order valence-electron chi connectivity index (χ4n) is 2.29. The van der Waals surface area contributed by atoms with Gasteiger partial charge in [-0.2, -0.15) is 0 Å². The Labute approximate surface area is 124 Å². The SMILES string of the molecule is CN(CCc1cccs1)c1ncccc1CNC1CC1. The minimum Gasteiger partial charge on any atom is -0.359 e. The summed E-state index contributed by atoms with van der Waals surface area (Å²) in [4.78, 5) is 8.27. The third-order valence-corrected chi connectivity index (χ3v) is 4.60. The van der Waals surface area contributed by atoms with Crippen molar-refractivity contribution in [3.05, 3.63) is 46.3 Å². The molecule has 0 saturated heterocycles. The van der Waals surface area contributed by atoms with Gasteiger partial charge in [-0.3, -0.25) is 0 Å². The number of hydrogen-bond acceptors (Lipinski definition) is 4. The van der Waals surface area contributed by atoms with E-state index in [0.717, 1.165) is 31.4 Å². The molecule has 3 nitrogen and oxygen atoms in total. The number of aromatic nitrogens is 1. The zero-order valence-electron chi connectivity index (χ0n) is 11.9. The molecule has 1 fully saturated rings. The average Bonchev–Trinajstić information content (AvgIpc) is 3.17. The Bertz CT molecular complexity index is 534. The first-order valence-electron chi connectivity index (χ1n) is 7.24. The van der Waals surface area contributed by atoms with E-state index in [4.69, 9.17) is 0 Å². The fraction of sp³-hybridized carbons (Fsp3) is 0.438. The molecule has 0 amide bonds. The van der Waals surface area contributed by atoms with E-state index >= 15 is 0 Å². The van der Waals surface area contributed by atoms with Crippen LogP contribution in [0.1, 0.15) is 23.3 Å². The van der Waals surface area contributed by atoms with Gasteiger partial charge in [-0.1, -0.05) is 12.1 Å². The maximum absolute atomic E-state index is 4.57. The van der Waals surface area contributed by atoms with Crippen LogP contribution in [0.2, 0.25) is 0 Å². The number of nitrogens with one attached hydrogen (secondary N) is 1. The van der Waals surface area contributed by atoms with Gasteiger partial charge in [0.15, 0.2) is 0 Å². The molecule has 0 spiro atoms.